The minimum atomic E-state index is -3.99. The van der Waals surface area contributed by atoms with E-state index in [0.29, 0.717) is 4.57 Å². The first-order valence-corrected chi connectivity index (χ1v) is 13.9. The maximum atomic E-state index is 14.9. The monoisotopic (exact) mass is 633 g/mol. The van der Waals surface area contributed by atoms with E-state index in [9.17, 15) is 32.8 Å². The van der Waals surface area contributed by atoms with Gasteiger partial charge in [0.25, 0.3) is 5.91 Å². The Morgan fingerprint density at radius 1 is 1.16 bits per heavy atom. The summed E-state index contributed by atoms with van der Waals surface area (Å²) in [5, 5.41) is 14.9. The second kappa shape index (κ2) is 14.1. The Morgan fingerprint density at radius 2 is 1.79 bits per heavy atom. The molecule has 5 atom stereocenters. The van der Waals surface area contributed by atoms with Gasteiger partial charge in [0.2, 0.25) is 12.0 Å². The first-order chi connectivity index (χ1) is 20.2. The van der Waals surface area contributed by atoms with Crippen molar-refractivity contribution in [3.05, 3.63) is 40.4 Å². The Kier molecular flexibility index (Phi) is 11.1. The van der Waals surface area contributed by atoms with Crippen LogP contribution in [0.2, 0.25) is 0 Å². The van der Waals surface area contributed by atoms with Gasteiger partial charge >= 0.3 is 25.8 Å². The number of aliphatic hydroxyl groups excluding tert-OH is 1. The minimum Gasteiger partial charge on any atom is -0.493 e. The number of anilines is 1. The maximum Gasteiger partial charge on any atom is 0.613 e. The van der Waals surface area contributed by atoms with Gasteiger partial charge in [0.1, 0.15) is 24.6 Å². The lowest BCUT2D eigenvalue weighted by Crippen LogP contribution is -2.42. The molecule has 3 rings (SSSR count). The van der Waals surface area contributed by atoms with Crippen molar-refractivity contribution in [3.63, 3.8) is 0 Å². The third-order valence-electron chi connectivity index (χ3n) is 5.99. The zero-order chi connectivity index (χ0) is 32.1. The predicted molar refractivity (Wildman–Crippen MR) is 145 cm³/mol. The molecule has 2 heterocycles. The number of esters is 1. The zero-order valence-corrected chi connectivity index (χ0v) is 24.9. The summed E-state index contributed by atoms with van der Waals surface area (Å²) >= 11 is 0. The lowest BCUT2D eigenvalue weighted by atomic mass is 10.1. The summed E-state index contributed by atoms with van der Waals surface area (Å²) in [6.45, 7) is 3.84. The smallest absolute Gasteiger partial charge is 0.493 e. The number of aliphatic hydroxyl groups is 1. The number of halogens is 2. The van der Waals surface area contributed by atoms with Gasteiger partial charge in [0.05, 0.1) is 27.4 Å². The first kappa shape index (κ1) is 33.7. The van der Waals surface area contributed by atoms with Gasteiger partial charge < -0.3 is 34.1 Å². The lowest BCUT2D eigenvalue weighted by molar-refractivity contribution is -0.149. The molecule has 236 valence electrons. The van der Waals surface area contributed by atoms with Crippen molar-refractivity contribution in [2.75, 3.05) is 33.3 Å². The summed E-state index contributed by atoms with van der Waals surface area (Å²) < 4.78 is 73.3. The number of ether oxygens (including phenoxy) is 5. The third kappa shape index (κ3) is 7.80. The SMILES string of the molecule is COc1cc(C(=O)Nc2ccn([C@@H]3OC(CO[P+](=O)N[C@@H](C)C(=O)OC(C)C)[C@H](O)C3(F)F)c(=O)n2)cc(OC)c1OC. The lowest BCUT2D eigenvalue weighted by Gasteiger charge is -2.21. The minimum absolute atomic E-state index is 0.0520. The highest BCUT2D eigenvalue weighted by atomic mass is 31.1. The molecular weight excluding hydrogens is 601 g/mol. The fourth-order valence-corrected chi connectivity index (χ4v) is 4.67. The van der Waals surface area contributed by atoms with Gasteiger partial charge in [-0.25, -0.2) is 4.79 Å². The Balaban J connectivity index is 1.69. The number of aromatic nitrogens is 2. The molecule has 1 aliphatic heterocycles. The normalized spacial score (nSPS) is 20.3. The summed E-state index contributed by atoms with van der Waals surface area (Å²) in [4.78, 5) is 41.0. The van der Waals surface area contributed by atoms with E-state index < -0.39 is 68.9 Å². The van der Waals surface area contributed by atoms with E-state index in [2.05, 4.69) is 15.4 Å². The number of amides is 1. The molecule has 0 aliphatic carbocycles. The molecule has 2 aromatic rings. The fourth-order valence-electron chi connectivity index (χ4n) is 3.89. The fraction of sp³-hybridized carbons (Fsp3) is 0.520. The maximum absolute atomic E-state index is 14.9. The number of hydrogen-bond acceptors (Lipinski definition) is 12. The van der Waals surface area contributed by atoms with E-state index in [-0.39, 0.29) is 28.6 Å². The van der Waals surface area contributed by atoms with Crippen LogP contribution in [0.5, 0.6) is 17.2 Å². The molecular formula is C25H32F2N4O11P+. The summed E-state index contributed by atoms with van der Waals surface area (Å²) in [6.07, 6.45) is -5.97. The molecule has 1 fully saturated rings. The molecule has 18 heteroatoms. The van der Waals surface area contributed by atoms with Crippen LogP contribution in [0, 0.1) is 0 Å². The van der Waals surface area contributed by atoms with Crippen LogP contribution in [0.15, 0.2) is 29.2 Å². The molecule has 1 aromatic heterocycles. The van der Waals surface area contributed by atoms with Gasteiger partial charge in [-0.3, -0.25) is 14.2 Å². The van der Waals surface area contributed by atoms with Gasteiger partial charge in [0, 0.05) is 11.8 Å². The third-order valence-corrected chi connectivity index (χ3v) is 6.97. The number of alkyl halides is 2. The summed E-state index contributed by atoms with van der Waals surface area (Å²) in [5.41, 5.74) is -1.18. The van der Waals surface area contributed by atoms with Gasteiger partial charge in [-0.2, -0.15) is 13.8 Å². The quantitative estimate of drug-likeness (QED) is 0.215. The molecule has 1 saturated heterocycles. The van der Waals surface area contributed by atoms with Crippen LogP contribution in [0.3, 0.4) is 0 Å². The number of carbonyl (C=O) groups is 2. The topological polar surface area (TPSA) is 186 Å². The van der Waals surface area contributed by atoms with E-state index in [1.807, 2.05) is 0 Å². The second-order valence-electron chi connectivity index (χ2n) is 9.41. The first-order valence-electron chi connectivity index (χ1n) is 12.7. The Morgan fingerprint density at radius 3 is 2.33 bits per heavy atom. The molecule has 0 bridgehead atoms. The van der Waals surface area contributed by atoms with E-state index >= 15 is 0 Å². The summed E-state index contributed by atoms with van der Waals surface area (Å²) in [6, 6.07) is 2.75. The highest BCUT2D eigenvalue weighted by Crippen LogP contribution is 2.43. The average molecular weight is 634 g/mol. The van der Waals surface area contributed by atoms with E-state index in [4.69, 9.17) is 28.2 Å². The van der Waals surface area contributed by atoms with E-state index in [0.717, 1.165) is 12.3 Å². The number of carbonyl (C=O) groups excluding carboxylic acids is 2. The zero-order valence-electron chi connectivity index (χ0n) is 24.0. The molecule has 0 saturated carbocycles. The number of rotatable bonds is 13. The Hall–Kier alpha value is -3.76. The van der Waals surface area contributed by atoms with Crippen molar-refractivity contribution in [3.8, 4) is 17.2 Å². The van der Waals surface area contributed by atoms with Crippen LogP contribution in [-0.2, 0) is 23.4 Å². The predicted octanol–water partition coefficient (Wildman–Crippen LogP) is 2.02. The molecule has 15 nitrogen and oxygen atoms in total. The number of nitrogens with zero attached hydrogens (tertiary/aromatic N) is 2. The van der Waals surface area contributed by atoms with Gasteiger partial charge in [-0.15, -0.1) is 4.52 Å². The van der Waals surface area contributed by atoms with Crippen molar-refractivity contribution >= 4 is 25.9 Å². The van der Waals surface area contributed by atoms with Crippen LogP contribution in [0.25, 0.3) is 0 Å². The second-order valence-corrected chi connectivity index (χ2v) is 10.4. The number of hydrogen-bond donors (Lipinski definition) is 3. The van der Waals surface area contributed by atoms with E-state index in [1.54, 1.807) is 13.8 Å². The highest BCUT2D eigenvalue weighted by Gasteiger charge is 2.60. The van der Waals surface area contributed by atoms with Crippen LogP contribution in [0.4, 0.5) is 14.6 Å². The molecule has 1 aromatic carbocycles. The van der Waals surface area contributed by atoms with Crippen LogP contribution >= 0.6 is 8.18 Å². The van der Waals surface area contributed by atoms with Crippen molar-refractivity contribution in [2.45, 2.75) is 57.3 Å². The average Bonchev–Trinajstić information content (AvgIpc) is 3.18. The Bertz CT molecular complexity index is 1380. The van der Waals surface area contributed by atoms with Crippen molar-refractivity contribution in [1.29, 1.82) is 0 Å². The van der Waals surface area contributed by atoms with Crippen LogP contribution in [0.1, 0.15) is 37.4 Å². The highest BCUT2D eigenvalue weighted by molar-refractivity contribution is 7.36. The van der Waals surface area contributed by atoms with Gasteiger partial charge in [-0.05, 0) is 43.5 Å². The molecule has 43 heavy (non-hydrogen) atoms. The largest absolute Gasteiger partial charge is 0.613 e. The number of benzene rings is 1. The number of methoxy groups -OCH3 is 3. The van der Waals surface area contributed by atoms with Crippen LogP contribution in [-0.4, -0.2) is 84.7 Å². The molecule has 1 amide bonds. The summed E-state index contributed by atoms with van der Waals surface area (Å²) in [5.74, 6) is -5.07. The van der Waals surface area contributed by atoms with Crippen molar-refractivity contribution < 1.29 is 56.2 Å². The molecule has 2 unspecified atom stereocenters. The summed E-state index contributed by atoms with van der Waals surface area (Å²) in [7, 11) is 1.37. The van der Waals surface area contributed by atoms with Crippen molar-refractivity contribution in [1.82, 2.24) is 14.6 Å². The Labute approximate surface area is 245 Å². The molecule has 0 spiro atoms. The van der Waals surface area contributed by atoms with Gasteiger partial charge in [-0.1, -0.05) is 5.09 Å². The number of nitrogens with one attached hydrogen (secondary N) is 2. The standard InChI is InChI=1S/C25H31F2N4O11P/c1-12(2)41-22(34)13(3)30-43(36)40-11-17-20(32)25(26,27)23(42-17)31-8-7-18(29-24(31)35)28-21(33)14-9-15(37-4)19(39-6)16(10-14)38-5/h7-10,12-13,17,20,23,32H,11H2,1-6H3,(H-,28,29,30,33,35,36)/p+1/t13-,17?,20-,23+/m0/s1. The van der Waals surface area contributed by atoms with Crippen LogP contribution < -0.4 is 30.3 Å². The molecule has 3 N–H and O–H groups in total. The van der Waals surface area contributed by atoms with Gasteiger partial charge in [0.15, 0.2) is 17.6 Å². The van der Waals surface area contributed by atoms with Crippen molar-refractivity contribution in [2.24, 2.45) is 0 Å². The molecule has 1 aliphatic rings. The van der Waals surface area contributed by atoms with E-state index in [1.165, 1.54) is 40.4 Å². The molecule has 0 radical (unpaired) electrons.